The quantitative estimate of drug-likeness (QED) is 0.674. The normalized spacial score (nSPS) is 10.6. The third-order valence-electron chi connectivity index (χ3n) is 2.62. The lowest BCUT2D eigenvalue weighted by atomic mass is 10.2. The molecule has 0 fully saturated rings. The Hall–Kier alpha value is -1.92. The molecule has 2 heterocycles. The third kappa shape index (κ3) is 2.97. The molecule has 0 atom stereocenters. The number of hydrogen-bond donors (Lipinski definition) is 1. The molecule has 1 N–H and O–H groups in total. The van der Waals surface area contributed by atoms with Crippen molar-refractivity contribution in [2.24, 2.45) is 5.10 Å². The van der Waals surface area contributed by atoms with E-state index in [0.29, 0.717) is 10.6 Å². The summed E-state index contributed by atoms with van der Waals surface area (Å²) in [5, 5.41) is 14.1. The number of aromatic nitrogens is 1. The molecule has 0 aliphatic rings. The van der Waals surface area contributed by atoms with Crippen LogP contribution in [0.4, 0.5) is 0 Å². The molecule has 0 bridgehead atoms. The summed E-state index contributed by atoms with van der Waals surface area (Å²) in [6.45, 7) is 0. The monoisotopic (exact) mass is 348 g/mol. The first kappa shape index (κ1) is 14.5. The zero-order chi connectivity index (χ0) is 13.1. The lowest BCUT2D eigenvalue weighted by molar-refractivity contribution is -0.00000434. The standard InChI is InChI=1S/C14H11N3OS.BrH/c15-14-17(16-9-12-7-4-8-18-12)13(10-19-14)11-5-2-1-3-6-11;/h1-10,15H;1H/p-1. The van der Waals surface area contributed by atoms with E-state index in [-0.39, 0.29) is 17.0 Å². The van der Waals surface area contributed by atoms with Gasteiger partial charge in [-0.2, -0.15) is 5.10 Å². The lowest BCUT2D eigenvalue weighted by Crippen LogP contribution is -3.00. The molecule has 0 saturated carbocycles. The van der Waals surface area contributed by atoms with Crippen molar-refractivity contribution in [3.63, 3.8) is 0 Å². The Bertz CT molecular complexity index is 744. The van der Waals surface area contributed by atoms with Crippen LogP contribution in [0.5, 0.6) is 0 Å². The first-order valence-electron chi connectivity index (χ1n) is 5.73. The Labute approximate surface area is 130 Å². The van der Waals surface area contributed by atoms with E-state index in [9.17, 15) is 0 Å². The maximum absolute atomic E-state index is 7.91. The number of nitrogens with zero attached hydrogens (tertiary/aromatic N) is 2. The average Bonchev–Trinajstić information content (AvgIpc) is 3.07. The molecule has 3 rings (SSSR count). The van der Waals surface area contributed by atoms with Crippen LogP contribution in [0.15, 0.2) is 63.6 Å². The smallest absolute Gasteiger partial charge is 0.203 e. The molecule has 0 spiro atoms. The number of nitrogens with one attached hydrogen (secondary N) is 1. The van der Waals surface area contributed by atoms with Crippen molar-refractivity contribution in [3.8, 4) is 11.3 Å². The molecule has 1 aromatic carbocycles. The summed E-state index contributed by atoms with van der Waals surface area (Å²) < 4.78 is 6.80. The molecule has 0 radical (unpaired) electrons. The summed E-state index contributed by atoms with van der Waals surface area (Å²) in [5.74, 6) is 0.664. The molecule has 4 nitrogen and oxygen atoms in total. The van der Waals surface area contributed by atoms with Gasteiger partial charge in [0.05, 0.1) is 18.2 Å². The van der Waals surface area contributed by atoms with Gasteiger partial charge in [0.2, 0.25) is 4.80 Å². The van der Waals surface area contributed by atoms with E-state index in [1.807, 2.05) is 41.8 Å². The molecule has 20 heavy (non-hydrogen) atoms. The number of halogens is 1. The Morgan fingerprint density at radius 2 is 1.95 bits per heavy atom. The molecular weight excluding hydrogens is 338 g/mol. The van der Waals surface area contributed by atoms with Crippen LogP contribution in [-0.4, -0.2) is 10.9 Å². The highest BCUT2D eigenvalue weighted by atomic mass is 79.9. The maximum atomic E-state index is 7.91. The first-order valence-corrected chi connectivity index (χ1v) is 6.61. The zero-order valence-electron chi connectivity index (χ0n) is 10.4. The van der Waals surface area contributed by atoms with Gasteiger partial charge in [-0.1, -0.05) is 30.3 Å². The van der Waals surface area contributed by atoms with Crippen LogP contribution >= 0.6 is 11.3 Å². The van der Waals surface area contributed by atoms with Gasteiger partial charge in [-0.25, -0.2) is 4.68 Å². The highest BCUT2D eigenvalue weighted by Crippen LogP contribution is 2.19. The second-order valence-electron chi connectivity index (χ2n) is 3.86. The number of hydrogen-bond acceptors (Lipinski definition) is 4. The van der Waals surface area contributed by atoms with Gasteiger partial charge in [0.15, 0.2) is 0 Å². The van der Waals surface area contributed by atoms with Crippen molar-refractivity contribution < 1.29 is 21.4 Å². The van der Waals surface area contributed by atoms with Gasteiger partial charge in [0, 0.05) is 10.9 Å². The Balaban J connectivity index is 0.00000147. The van der Waals surface area contributed by atoms with Gasteiger partial charge in [0.1, 0.15) is 5.76 Å². The van der Waals surface area contributed by atoms with Crippen LogP contribution < -0.4 is 21.8 Å². The molecule has 2 aromatic heterocycles. The number of rotatable bonds is 3. The Kier molecular flexibility index (Phi) is 4.70. The van der Waals surface area contributed by atoms with E-state index < -0.39 is 0 Å². The number of thiazole rings is 1. The molecular formula is C14H11BrN3OS-. The van der Waals surface area contributed by atoms with Crippen LogP contribution in [0.3, 0.4) is 0 Å². The van der Waals surface area contributed by atoms with Gasteiger partial charge >= 0.3 is 0 Å². The number of furan rings is 1. The summed E-state index contributed by atoms with van der Waals surface area (Å²) in [7, 11) is 0. The SMILES string of the molecule is N=c1scc(-c2ccccc2)n1N=Cc1ccco1.[Br-]. The van der Waals surface area contributed by atoms with Gasteiger partial charge in [0.25, 0.3) is 0 Å². The van der Waals surface area contributed by atoms with E-state index in [1.54, 1.807) is 23.2 Å². The first-order chi connectivity index (χ1) is 9.34. The Morgan fingerprint density at radius 1 is 1.15 bits per heavy atom. The fourth-order valence-electron chi connectivity index (χ4n) is 1.71. The van der Waals surface area contributed by atoms with Crippen molar-refractivity contribution in [2.45, 2.75) is 0 Å². The van der Waals surface area contributed by atoms with Crippen LogP contribution in [0, 0.1) is 5.41 Å². The van der Waals surface area contributed by atoms with Crippen molar-refractivity contribution in [1.82, 2.24) is 4.68 Å². The fourth-order valence-corrected chi connectivity index (χ4v) is 2.42. The molecule has 3 aromatic rings. The van der Waals surface area contributed by atoms with Gasteiger partial charge in [-0.3, -0.25) is 5.41 Å². The minimum absolute atomic E-state index is 0. The fraction of sp³-hybridized carbons (Fsp3) is 0. The van der Waals surface area contributed by atoms with Crippen LogP contribution in [0.25, 0.3) is 11.3 Å². The second kappa shape index (κ2) is 6.49. The van der Waals surface area contributed by atoms with Crippen molar-refractivity contribution in [1.29, 1.82) is 5.41 Å². The molecule has 0 saturated heterocycles. The van der Waals surface area contributed by atoms with E-state index >= 15 is 0 Å². The van der Waals surface area contributed by atoms with Gasteiger partial charge < -0.3 is 21.4 Å². The summed E-state index contributed by atoms with van der Waals surface area (Å²) in [6.07, 6.45) is 3.20. The summed E-state index contributed by atoms with van der Waals surface area (Å²) in [6, 6.07) is 13.5. The molecule has 0 amide bonds. The van der Waals surface area contributed by atoms with Crippen molar-refractivity contribution in [2.75, 3.05) is 0 Å². The molecule has 0 aliphatic carbocycles. The van der Waals surface area contributed by atoms with E-state index in [0.717, 1.165) is 11.3 Å². The summed E-state index contributed by atoms with van der Waals surface area (Å²) >= 11 is 1.35. The summed E-state index contributed by atoms with van der Waals surface area (Å²) in [4.78, 5) is 0.377. The third-order valence-corrected chi connectivity index (χ3v) is 3.35. The molecule has 0 unspecified atom stereocenters. The van der Waals surface area contributed by atoms with Crippen molar-refractivity contribution in [3.05, 3.63) is 64.7 Å². The predicted octanol–water partition coefficient (Wildman–Crippen LogP) is 0.175. The lowest BCUT2D eigenvalue weighted by Gasteiger charge is -2.01. The van der Waals surface area contributed by atoms with Crippen LogP contribution in [0.2, 0.25) is 0 Å². The molecule has 102 valence electrons. The van der Waals surface area contributed by atoms with Gasteiger partial charge in [-0.05, 0) is 12.1 Å². The average molecular weight is 349 g/mol. The van der Waals surface area contributed by atoms with Gasteiger partial charge in [-0.15, -0.1) is 11.3 Å². The topological polar surface area (TPSA) is 54.3 Å². The predicted molar refractivity (Wildman–Crippen MR) is 75.3 cm³/mol. The largest absolute Gasteiger partial charge is 1.00 e. The van der Waals surface area contributed by atoms with Crippen molar-refractivity contribution >= 4 is 17.6 Å². The number of benzene rings is 1. The summed E-state index contributed by atoms with van der Waals surface area (Å²) in [5.41, 5.74) is 1.94. The highest BCUT2D eigenvalue weighted by molar-refractivity contribution is 7.07. The minimum atomic E-state index is 0. The van der Waals surface area contributed by atoms with Crippen LogP contribution in [-0.2, 0) is 0 Å². The molecule has 6 heteroatoms. The Morgan fingerprint density at radius 3 is 2.65 bits per heavy atom. The highest BCUT2D eigenvalue weighted by Gasteiger charge is 2.05. The maximum Gasteiger partial charge on any atom is 0.203 e. The van der Waals surface area contributed by atoms with Crippen LogP contribution in [0.1, 0.15) is 5.76 Å². The zero-order valence-corrected chi connectivity index (χ0v) is 12.8. The van der Waals surface area contributed by atoms with E-state index in [1.165, 1.54) is 11.3 Å². The van der Waals surface area contributed by atoms with E-state index in [4.69, 9.17) is 9.83 Å². The minimum Gasteiger partial charge on any atom is -1.00 e. The molecule has 0 aliphatic heterocycles. The second-order valence-corrected chi connectivity index (χ2v) is 4.72. The van der Waals surface area contributed by atoms with E-state index in [2.05, 4.69) is 5.10 Å².